The summed E-state index contributed by atoms with van der Waals surface area (Å²) in [4.78, 5) is 20.1. The molecule has 2 atom stereocenters. The number of likely N-dealkylation sites (tertiary alicyclic amines) is 1. The molecule has 0 radical (unpaired) electrons. The maximum atomic E-state index is 13.0. The topological polar surface area (TPSA) is 52.8 Å². The molecule has 0 saturated carbocycles. The van der Waals surface area contributed by atoms with Crippen molar-refractivity contribution in [2.75, 3.05) is 38.5 Å². The zero-order chi connectivity index (χ0) is 22.8. The molecule has 0 aliphatic carbocycles. The maximum Gasteiger partial charge on any atom is 0.257 e. The van der Waals surface area contributed by atoms with Crippen molar-refractivity contribution in [2.24, 2.45) is 0 Å². The Balaban J connectivity index is 1.32. The van der Waals surface area contributed by atoms with E-state index < -0.39 is 0 Å². The Bertz CT molecular complexity index is 925. The van der Waals surface area contributed by atoms with Gasteiger partial charge in [-0.3, -0.25) is 14.6 Å². The van der Waals surface area contributed by atoms with Gasteiger partial charge in [0.15, 0.2) is 0 Å². The fourth-order valence-electron chi connectivity index (χ4n) is 5.20. The molecular weight excluding hydrogens is 488 g/mol. The molecule has 1 amide bonds. The van der Waals surface area contributed by atoms with E-state index in [0.29, 0.717) is 34.4 Å². The van der Waals surface area contributed by atoms with Gasteiger partial charge in [-0.1, -0.05) is 45.7 Å². The molecule has 5 nitrogen and oxygen atoms in total. The quantitative estimate of drug-likeness (QED) is 0.574. The van der Waals surface area contributed by atoms with Gasteiger partial charge in [0.25, 0.3) is 5.91 Å². The minimum atomic E-state index is -0.0481. The third-order valence-electron chi connectivity index (χ3n) is 7.09. The first kappa shape index (κ1) is 23.6. The third-order valence-corrected chi connectivity index (χ3v) is 7.93. The summed E-state index contributed by atoms with van der Waals surface area (Å²) in [6.07, 6.45) is 1.98. The van der Waals surface area contributed by atoms with Gasteiger partial charge < -0.3 is 10.6 Å². The van der Waals surface area contributed by atoms with Crippen molar-refractivity contribution in [1.29, 1.82) is 0 Å². The molecule has 2 N–H and O–H groups in total. The maximum absolute atomic E-state index is 13.0. The average Bonchev–Trinajstić information content (AvgIpc) is 2.79. The number of nitrogens with two attached hydrogens (primary N) is 1. The molecular formula is C25H32BrClN4O. The number of piperidine rings is 1. The molecule has 7 heteroatoms. The van der Waals surface area contributed by atoms with Gasteiger partial charge in [0.2, 0.25) is 0 Å². The van der Waals surface area contributed by atoms with Crippen LogP contribution in [0.25, 0.3) is 0 Å². The fourth-order valence-corrected chi connectivity index (χ4v) is 5.73. The largest absolute Gasteiger partial charge is 0.398 e. The van der Waals surface area contributed by atoms with Crippen molar-refractivity contribution in [1.82, 2.24) is 14.7 Å². The summed E-state index contributed by atoms with van der Waals surface area (Å²) in [6, 6.07) is 15.3. The number of anilines is 1. The number of nitrogens with zero attached hydrogens (tertiary/aromatic N) is 3. The molecule has 2 fully saturated rings. The standard InChI is InChI=1S/C25H32BrClN4O/c1-17-16-30(14-15-31(17)18(2)19-6-8-20(26)9-7-19)21-10-12-29(13-11-21)25(32)24-22(27)4-3-5-23(24)28/h3-9,17-18,21H,10-16,28H2,1-2H3/t17-,18-/m0/s1. The second-order valence-corrected chi connectivity index (χ2v) is 10.4. The van der Waals surface area contributed by atoms with Gasteiger partial charge in [-0.15, -0.1) is 0 Å². The molecule has 0 aromatic heterocycles. The highest BCUT2D eigenvalue weighted by molar-refractivity contribution is 9.10. The minimum absolute atomic E-state index is 0.0481. The zero-order valence-electron chi connectivity index (χ0n) is 18.8. The van der Waals surface area contributed by atoms with Crippen LogP contribution in [-0.4, -0.2) is 65.4 Å². The molecule has 0 spiro atoms. The van der Waals surface area contributed by atoms with Gasteiger partial charge in [0.1, 0.15) is 0 Å². The van der Waals surface area contributed by atoms with Gasteiger partial charge in [0.05, 0.1) is 10.6 Å². The van der Waals surface area contributed by atoms with E-state index in [-0.39, 0.29) is 5.91 Å². The van der Waals surface area contributed by atoms with Crippen molar-refractivity contribution in [2.45, 2.75) is 44.8 Å². The summed E-state index contributed by atoms with van der Waals surface area (Å²) in [6.45, 7) is 9.34. The molecule has 0 unspecified atom stereocenters. The van der Waals surface area contributed by atoms with E-state index in [1.165, 1.54) is 5.56 Å². The molecule has 2 aromatic carbocycles. The molecule has 2 aliphatic heterocycles. The molecule has 2 aromatic rings. The third kappa shape index (κ3) is 4.98. The zero-order valence-corrected chi connectivity index (χ0v) is 21.1. The monoisotopic (exact) mass is 518 g/mol. The lowest BCUT2D eigenvalue weighted by molar-refractivity contribution is 0.0135. The Kier molecular flexibility index (Phi) is 7.45. The van der Waals surface area contributed by atoms with Crippen LogP contribution in [0.4, 0.5) is 5.69 Å². The highest BCUT2D eigenvalue weighted by Crippen LogP contribution is 2.29. The van der Waals surface area contributed by atoms with Crippen molar-refractivity contribution < 1.29 is 4.79 Å². The number of hydrogen-bond donors (Lipinski definition) is 1. The fraction of sp³-hybridized carbons (Fsp3) is 0.480. The van der Waals surface area contributed by atoms with E-state index in [1.807, 2.05) is 4.90 Å². The normalized spacial score (nSPS) is 22.1. The molecule has 2 heterocycles. The van der Waals surface area contributed by atoms with E-state index in [4.69, 9.17) is 17.3 Å². The van der Waals surface area contributed by atoms with Gasteiger partial charge in [0, 0.05) is 61.0 Å². The number of nitrogen functional groups attached to an aromatic ring is 1. The van der Waals surface area contributed by atoms with Gasteiger partial charge >= 0.3 is 0 Å². The van der Waals surface area contributed by atoms with Crippen LogP contribution in [0.3, 0.4) is 0 Å². The summed E-state index contributed by atoms with van der Waals surface area (Å²) in [5.41, 5.74) is 8.28. The lowest BCUT2D eigenvalue weighted by Crippen LogP contribution is -2.57. The number of hydrogen-bond acceptors (Lipinski definition) is 4. The van der Waals surface area contributed by atoms with Crippen molar-refractivity contribution in [3.63, 3.8) is 0 Å². The van der Waals surface area contributed by atoms with Crippen molar-refractivity contribution in [3.05, 3.63) is 63.1 Å². The summed E-state index contributed by atoms with van der Waals surface area (Å²) in [7, 11) is 0. The molecule has 0 bridgehead atoms. The van der Waals surface area contributed by atoms with Gasteiger partial charge in [-0.2, -0.15) is 0 Å². The molecule has 172 valence electrons. The molecule has 4 rings (SSSR count). The predicted molar refractivity (Wildman–Crippen MR) is 135 cm³/mol. The van der Waals surface area contributed by atoms with Crippen LogP contribution < -0.4 is 5.73 Å². The number of halogens is 2. The van der Waals surface area contributed by atoms with Crippen molar-refractivity contribution in [3.8, 4) is 0 Å². The first-order valence-corrected chi connectivity index (χ1v) is 12.6. The average molecular weight is 520 g/mol. The summed E-state index contributed by atoms with van der Waals surface area (Å²) in [5, 5.41) is 0.432. The Hall–Kier alpha value is -1.60. The number of carbonyl (C=O) groups is 1. The number of rotatable bonds is 4. The number of piperazine rings is 1. The van der Waals surface area contributed by atoms with E-state index in [0.717, 1.165) is 50.0 Å². The lowest BCUT2D eigenvalue weighted by atomic mass is 9.98. The van der Waals surface area contributed by atoms with Crippen molar-refractivity contribution >= 4 is 39.1 Å². The predicted octanol–water partition coefficient (Wildman–Crippen LogP) is 5.06. The van der Waals surface area contributed by atoms with Crippen LogP contribution in [0, 0.1) is 0 Å². The Morgan fingerprint density at radius 3 is 2.41 bits per heavy atom. The highest BCUT2D eigenvalue weighted by atomic mass is 79.9. The summed E-state index contributed by atoms with van der Waals surface area (Å²) < 4.78 is 1.12. The number of benzene rings is 2. The summed E-state index contributed by atoms with van der Waals surface area (Å²) >= 11 is 9.79. The van der Waals surface area contributed by atoms with Crippen LogP contribution in [0.2, 0.25) is 5.02 Å². The first-order valence-electron chi connectivity index (χ1n) is 11.4. The smallest absolute Gasteiger partial charge is 0.257 e. The van der Waals surface area contributed by atoms with Gasteiger partial charge in [-0.25, -0.2) is 0 Å². The number of amides is 1. The summed E-state index contributed by atoms with van der Waals surface area (Å²) in [5.74, 6) is -0.0481. The van der Waals surface area contributed by atoms with E-state index in [1.54, 1.807) is 18.2 Å². The van der Waals surface area contributed by atoms with Crippen LogP contribution in [0.5, 0.6) is 0 Å². The van der Waals surface area contributed by atoms with E-state index >= 15 is 0 Å². The van der Waals surface area contributed by atoms with Gasteiger partial charge in [-0.05, 0) is 56.5 Å². The lowest BCUT2D eigenvalue weighted by Gasteiger charge is -2.47. The highest BCUT2D eigenvalue weighted by Gasteiger charge is 2.34. The molecule has 2 saturated heterocycles. The molecule has 2 aliphatic rings. The van der Waals surface area contributed by atoms with E-state index in [2.05, 4.69) is 63.8 Å². The Morgan fingerprint density at radius 1 is 1.09 bits per heavy atom. The second kappa shape index (κ2) is 10.1. The number of carbonyl (C=O) groups excluding carboxylic acids is 1. The second-order valence-electron chi connectivity index (χ2n) is 9.04. The van der Waals surface area contributed by atoms with Crippen LogP contribution in [-0.2, 0) is 0 Å². The Labute approximate surface area is 204 Å². The van der Waals surface area contributed by atoms with Crippen LogP contribution in [0.15, 0.2) is 46.9 Å². The van der Waals surface area contributed by atoms with Crippen LogP contribution in [0.1, 0.15) is 48.7 Å². The Morgan fingerprint density at radius 2 is 1.78 bits per heavy atom. The van der Waals surface area contributed by atoms with Crippen LogP contribution >= 0.6 is 27.5 Å². The minimum Gasteiger partial charge on any atom is -0.398 e. The first-order chi connectivity index (χ1) is 15.3. The molecule has 32 heavy (non-hydrogen) atoms. The van der Waals surface area contributed by atoms with E-state index in [9.17, 15) is 4.79 Å². The SMILES string of the molecule is C[C@H]1CN(C2CCN(C(=O)c3c(N)cccc3Cl)CC2)CCN1[C@@H](C)c1ccc(Br)cc1.